The van der Waals surface area contributed by atoms with Gasteiger partial charge in [-0.15, -0.1) is 10.0 Å². The molecule has 0 aromatic carbocycles. The largest absolute Gasteiger partial charge is 0.716 e. The van der Waals surface area contributed by atoms with Crippen LogP contribution in [0, 0.1) is 0 Å². The molecule has 5 heteroatoms. The zero-order valence-electron chi connectivity index (χ0n) is 8.41. The van der Waals surface area contributed by atoms with Gasteiger partial charge < -0.3 is 0 Å². The molecular formula is C8H19NO3P+. The molecule has 0 amide bonds. The lowest BCUT2D eigenvalue weighted by molar-refractivity contribution is 0.158. The van der Waals surface area contributed by atoms with Crippen LogP contribution in [-0.2, 0) is 13.7 Å². The van der Waals surface area contributed by atoms with Crippen LogP contribution in [0.4, 0.5) is 0 Å². The van der Waals surface area contributed by atoms with Crippen molar-refractivity contribution in [2.24, 2.45) is 0 Å². The number of hydrogen-bond donors (Lipinski definition) is 1. The van der Waals surface area contributed by atoms with E-state index in [9.17, 15) is 4.57 Å². The molecule has 0 aliphatic heterocycles. The van der Waals surface area contributed by atoms with Crippen molar-refractivity contribution in [3.8, 4) is 0 Å². The summed E-state index contributed by atoms with van der Waals surface area (Å²) >= 11 is 0. The van der Waals surface area contributed by atoms with Gasteiger partial charge in [0.05, 0.1) is 0 Å². The third-order valence-electron chi connectivity index (χ3n) is 1.51. The van der Waals surface area contributed by atoms with Crippen molar-refractivity contribution >= 4 is 8.25 Å². The van der Waals surface area contributed by atoms with E-state index >= 15 is 0 Å². The molecule has 0 aromatic heterocycles. The van der Waals surface area contributed by atoms with Gasteiger partial charge in [0.2, 0.25) is 0 Å². The molecule has 0 saturated carbocycles. The summed E-state index contributed by atoms with van der Waals surface area (Å²) in [5, 5.41) is 0. The second-order valence-corrected chi connectivity index (χ2v) is 3.58. The highest BCUT2D eigenvalue weighted by molar-refractivity contribution is 7.33. The van der Waals surface area contributed by atoms with Crippen molar-refractivity contribution in [1.29, 1.82) is 0 Å². The Hall–Kier alpha value is -0.0200. The minimum Gasteiger partial charge on any atom is -0.149 e. The van der Waals surface area contributed by atoms with Crippen LogP contribution in [0.15, 0.2) is 0 Å². The Morgan fingerprint density at radius 2 is 2.00 bits per heavy atom. The topological polar surface area (TPSA) is 47.6 Å². The Kier molecular flexibility index (Phi) is 10.0. The molecule has 78 valence electrons. The van der Waals surface area contributed by atoms with Gasteiger partial charge in [0, 0.05) is 11.1 Å². The predicted molar refractivity (Wildman–Crippen MR) is 52.5 cm³/mol. The molecule has 0 bridgehead atoms. The molecule has 1 unspecified atom stereocenters. The Morgan fingerprint density at radius 3 is 2.62 bits per heavy atom. The minimum atomic E-state index is -1.97. The number of rotatable bonds is 9. The van der Waals surface area contributed by atoms with E-state index in [0.717, 1.165) is 13.0 Å². The Bertz CT molecular complexity index is 133. The van der Waals surface area contributed by atoms with Crippen LogP contribution in [0.25, 0.3) is 0 Å². The Balaban J connectivity index is 3.02. The number of nitrogens with one attached hydrogen (secondary N) is 1. The normalized spacial score (nSPS) is 11.7. The third-order valence-corrected chi connectivity index (χ3v) is 2.25. The summed E-state index contributed by atoms with van der Waals surface area (Å²) in [5.74, 6) is 0. The minimum absolute atomic E-state index is 0.409. The van der Waals surface area contributed by atoms with E-state index in [1.165, 1.54) is 19.3 Å². The monoisotopic (exact) mass is 208 g/mol. The van der Waals surface area contributed by atoms with Gasteiger partial charge in [0.25, 0.3) is 0 Å². The summed E-state index contributed by atoms with van der Waals surface area (Å²) in [5.41, 5.74) is 2.62. The highest BCUT2D eigenvalue weighted by Gasteiger charge is 2.18. The molecule has 13 heavy (non-hydrogen) atoms. The van der Waals surface area contributed by atoms with Crippen molar-refractivity contribution in [3.63, 3.8) is 0 Å². The average molecular weight is 208 g/mol. The van der Waals surface area contributed by atoms with Crippen LogP contribution >= 0.6 is 8.25 Å². The molecule has 1 atom stereocenters. The zero-order chi connectivity index (χ0) is 9.94. The van der Waals surface area contributed by atoms with Gasteiger partial charge in [-0.05, 0) is 18.0 Å². The van der Waals surface area contributed by atoms with E-state index in [4.69, 9.17) is 9.15 Å². The lowest BCUT2D eigenvalue weighted by Crippen LogP contribution is -2.12. The quantitative estimate of drug-likeness (QED) is 0.359. The Labute approximate surface area is 80.9 Å². The van der Waals surface area contributed by atoms with E-state index in [1.54, 1.807) is 6.92 Å². The van der Waals surface area contributed by atoms with Crippen molar-refractivity contribution in [2.75, 3.05) is 13.2 Å². The van der Waals surface area contributed by atoms with E-state index in [-0.39, 0.29) is 0 Å². The number of hydroxylamine groups is 1. The van der Waals surface area contributed by atoms with E-state index in [0.29, 0.717) is 6.61 Å². The van der Waals surface area contributed by atoms with E-state index in [1.807, 2.05) is 0 Å². The van der Waals surface area contributed by atoms with Crippen molar-refractivity contribution in [3.05, 3.63) is 0 Å². The summed E-state index contributed by atoms with van der Waals surface area (Å²) in [6.07, 6.45) is 4.68. The fraction of sp³-hybridized carbons (Fsp3) is 1.00. The molecule has 0 saturated heterocycles. The van der Waals surface area contributed by atoms with Gasteiger partial charge in [0.15, 0.2) is 0 Å². The summed E-state index contributed by atoms with van der Waals surface area (Å²) in [6, 6.07) is 0. The number of hydrogen-bond acceptors (Lipinski definition) is 4. The van der Waals surface area contributed by atoms with Crippen LogP contribution in [-0.4, -0.2) is 13.2 Å². The molecule has 0 heterocycles. The van der Waals surface area contributed by atoms with E-state index < -0.39 is 8.25 Å². The molecule has 0 aromatic rings. The van der Waals surface area contributed by atoms with Gasteiger partial charge >= 0.3 is 8.25 Å². The van der Waals surface area contributed by atoms with Gasteiger partial charge in [0.1, 0.15) is 6.61 Å². The SMILES string of the molecule is CCCCCCNO[P+](=O)OCC. The van der Waals surface area contributed by atoms with Crippen molar-refractivity contribution in [1.82, 2.24) is 5.48 Å². The highest BCUT2D eigenvalue weighted by Crippen LogP contribution is 2.20. The predicted octanol–water partition coefficient (Wildman–Crippen LogP) is 2.78. The molecule has 1 N–H and O–H groups in total. The van der Waals surface area contributed by atoms with Crippen LogP contribution in [0.3, 0.4) is 0 Å². The molecule has 0 rings (SSSR count). The van der Waals surface area contributed by atoms with Crippen LogP contribution in [0.5, 0.6) is 0 Å². The maximum Gasteiger partial charge on any atom is 0.716 e. The zero-order valence-corrected chi connectivity index (χ0v) is 9.31. The van der Waals surface area contributed by atoms with Gasteiger partial charge in [-0.3, -0.25) is 0 Å². The Morgan fingerprint density at radius 1 is 1.23 bits per heavy atom. The summed E-state index contributed by atoms with van der Waals surface area (Å²) in [4.78, 5) is 0. The first kappa shape index (κ1) is 13.0. The molecule has 0 aliphatic carbocycles. The molecule has 0 aliphatic rings. The van der Waals surface area contributed by atoms with Crippen LogP contribution in [0.1, 0.15) is 39.5 Å². The molecular weight excluding hydrogens is 189 g/mol. The fourth-order valence-electron chi connectivity index (χ4n) is 0.854. The smallest absolute Gasteiger partial charge is 0.149 e. The first-order valence-corrected chi connectivity index (χ1v) is 5.90. The van der Waals surface area contributed by atoms with Crippen molar-refractivity contribution in [2.45, 2.75) is 39.5 Å². The second-order valence-electron chi connectivity index (χ2n) is 2.69. The van der Waals surface area contributed by atoms with E-state index in [2.05, 4.69) is 12.4 Å². The molecule has 0 spiro atoms. The highest BCUT2D eigenvalue weighted by atomic mass is 31.1. The fourth-order valence-corrected chi connectivity index (χ4v) is 1.31. The number of unbranched alkanes of at least 4 members (excludes halogenated alkanes) is 3. The summed E-state index contributed by atoms with van der Waals surface area (Å²) in [6.45, 7) is 5.08. The summed E-state index contributed by atoms with van der Waals surface area (Å²) in [7, 11) is -1.97. The van der Waals surface area contributed by atoms with Gasteiger partial charge in [-0.1, -0.05) is 26.2 Å². The van der Waals surface area contributed by atoms with Gasteiger partial charge in [-0.2, -0.15) is 0 Å². The second kappa shape index (κ2) is 10.1. The maximum absolute atomic E-state index is 10.8. The third kappa shape index (κ3) is 9.90. The first-order chi connectivity index (χ1) is 6.31. The molecule has 0 radical (unpaired) electrons. The molecule has 4 nitrogen and oxygen atoms in total. The van der Waals surface area contributed by atoms with Gasteiger partial charge in [-0.25, -0.2) is 0 Å². The lowest BCUT2D eigenvalue weighted by Gasteiger charge is -1.96. The van der Waals surface area contributed by atoms with Crippen LogP contribution in [0.2, 0.25) is 0 Å². The first-order valence-electron chi connectivity index (χ1n) is 4.81. The van der Waals surface area contributed by atoms with Crippen LogP contribution < -0.4 is 5.48 Å². The average Bonchev–Trinajstić information content (AvgIpc) is 2.11. The summed E-state index contributed by atoms with van der Waals surface area (Å²) < 4.78 is 20.2. The maximum atomic E-state index is 10.8. The molecule has 0 fully saturated rings. The standard InChI is InChI=1S/C8H19NO3P/c1-3-5-6-7-8-9-12-13(10)11-4-2/h9H,3-8H2,1-2H3/q+1. The lowest BCUT2D eigenvalue weighted by atomic mass is 10.2. The van der Waals surface area contributed by atoms with Crippen molar-refractivity contribution < 1.29 is 13.7 Å².